The lowest BCUT2D eigenvalue weighted by Crippen LogP contribution is -2.34. The minimum atomic E-state index is 0.388. The highest BCUT2D eigenvalue weighted by Gasteiger charge is 2.17. The number of nitriles is 1. The van der Waals surface area contributed by atoms with Crippen molar-refractivity contribution >= 4 is 17.6 Å². The monoisotopic (exact) mass is 236 g/mol. The van der Waals surface area contributed by atoms with Crippen molar-refractivity contribution in [2.24, 2.45) is 0 Å². The normalized spacial score (nSPS) is 11.9. The lowest BCUT2D eigenvalue weighted by Gasteiger charge is -2.27. The summed E-state index contributed by atoms with van der Waals surface area (Å²) in [4.78, 5) is 10.3. The topological polar surface area (TPSA) is 52.8 Å². The van der Waals surface area contributed by atoms with Crippen molar-refractivity contribution in [2.45, 2.75) is 19.4 Å². The van der Waals surface area contributed by atoms with Gasteiger partial charge in [0.2, 0.25) is 0 Å². The number of anilines is 1. The molecule has 0 spiro atoms. The smallest absolute Gasteiger partial charge is 0.183 e. The van der Waals surface area contributed by atoms with Gasteiger partial charge in [-0.3, -0.25) is 0 Å². The molecule has 0 amide bonds. The minimum Gasteiger partial charge on any atom is -0.353 e. The zero-order chi connectivity index (χ0) is 12.0. The van der Waals surface area contributed by atoms with Crippen molar-refractivity contribution in [1.82, 2.24) is 9.97 Å². The van der Waals surface area contributed by atoms with Crippen LogP contribution in [0, 0.1) is 11.3 Å². The first-order valence-corrected chi connectivity index (χ1v) is 6.56. The lowest BCUT2D eigenvalue weighted by atomic mass is 10.2. The summed E-state index contributed by atoms with van der Waals surface area (Å²) in [5, 5.41) is 8.97. The molecule has 0 aromatic carbocycles. The van der Waals surface area contributed by atoms with Crippen LogP contribution in [0.1, 0.15) is 19.0 Å². The Morgan fingerprint density at radius 2 is 2.19 bits per heavy atom. The van der Waals surface area contributed by atoms with Gasteiger partial charge in [-0.05, 0) is 12.7 Å². The van der Waals surface area contributed by atoms with Gasteiger partial charge in [-0.2, -0.15) is 17.0 Å². The van der Waals surface area contributed by atoms with Crippen molar-refractivity contribution in [3.8, 4) is 6.07 Å². The Kier molecular flexibility index (Phi) is 5.06. The maximum atomic E-state index is 8.97. The van der Waals surface area contributed by atoms with Crippen molar-refractivity contribution in [1.29, 1.82) is 5.26 Å². The summed E-state index contributed by atoms with van der Waals surface area (Å²) < 4.78 is 0. The highest BCUT2D eigenvalue weighted by atomic mass is 32.2. The molecule has 0 aliphatic heterocycles. The molecule has 1 atom stereocenters. The fourth-order valence-electron chi connectivity index (χ4n) is 1.54. The van der Waals surface area contributed by atoms with Crippen molar-refractivity contribution in [3.63, 3.8) is 0 Å². The highest BCUT2D eigenvalue weighted by Crippen LogP contribution is 2.18. The summed E-state index contributed by atoms with van der Waals surface area (Å²) in [6, 6.07) is 2.46. The number of aromatic nitrogens is 2. The lowest BCUT2D eigenvalue weighted by molar-refractivity contribution is 0.663. The Morgan fingerprint density at radius 1 is 1.50 bits per heavy atom. The predicted octanol–water partition coefficient (Wildman–Crippen LogP) is 1.93. The van der Waals surface area contributed by atoms with E-state index in [0.29, 0.717) is 17.6 Å². The Morgan fingerprint density at radius 3 is 2.75 bits per heavy atom. The first-order chi connectivity index (χ1) is 7.74. The average Bonchev–Trinajstić information content (AvgIpc) is 2.35. The van der Waals surface area contributed by atoms with Gasteiger partial charge in [0.25, 0.3) is 0 Å². The number of hydrogen-bond donors (Lipinski definition) is 0. The molecule has 0 aliphatic carbocycles. The molecule has 0 bridgehead atoms. The van der Waals surface area contributed by atoms with Gasteiger partial charge in [-0.1, -0.05) is 6.92 Å². The van der Waals surface area contributed by atoms with E-state index in [1.807, 2.05) is 11.9 Å². The van der Waals surface area contributed by atoms with E-state index in [0.717, 1.165) is 12.2 Å². The van der Waals surface area contributed by atoms with Crippen LogP contribution >= 0.6 is 11.8 Å². The van der Waals surface area contributed by atoms with Crippen LogP contribution in [-0.2, 0) is 0 Å². The highest BCUT2D eigenvalue weighted by molar-refractivity contribution is 7.98. The minimum absolute atomic E-state index is 0.388. The van der Waals surface area contributed by atoms with Gasteiger partial charge in [-0.25, -0.2) is 9.97 Å². The van der Waals surface area contributed by atoms with Crippen LogP contribution < -0.4 is 4.90 Å². The number of nitrogens with zero attached hydrogens (tertiary/aromatic N) is 4. The maximum absolute atomic E-state index is 8.97. The number of thioether (sulfide) groups is 1. The molecule has 16 heavy (non-hydrogen) atoms. The third-order valence-corrected chi connectivity index (χ3v) is 3.22. The Labute approximate surface area is 101 Å². The SMILES string of the molecule is CCC(CSC)N(C)c1nccnc1C#N. The van der Waals surface area contributed by atoms with E-state index in [9.17, 15) is 0 Å². The molecule has 1 aromatic rings. The maximum Gasteiger partial charge on any atom is 0.183 e. The van der Waals surface area contributed by atoms with Gasteiger partial charge in [0, 0.05) is 31.2 Å². The van der Waals surface area contributed by atoms with Crippen LogP contribution in [0.3, 0.4) is 0 Å². The van der Waals surface area contributed by atoms with Gasteiger partial charge in [0.1, 0.15) is 6.07 Å². The first-order valence-electron chi connectivity index (χ1n) is 5.17. The van der Waals surface area contributed by atoms with Gasteiger partial charge in [-0.15, -0.1) is 0 Å². The Balaban J connectivity index is 2.94. The molecule has 0 aliphatic rings. The van der Waals surface area contributed by atoms with Crippen LogP contribution in [0.4, 0.5) is 5.82 Å². The summed E-state index contributed by atoms with van der Waals surface area (Å²) in [5.41, 5.74) is 0.393. The molecule has 0 radical (unpaired) electrons. The van der Waals surface area contributed by atoms with Crippen LogP contribution in [0.25, 0.3) is 0 Å². The zero-order valence-corrected chi connectivity index (χ0v) is 10.7. The molecule has 1 heterocycles. The number of rotatable bonds is 5. The zero-order valence-electron chi connectivity index (χ0n) is 9.84. The van der Waals surface area contributed by atoms with E-state index in [-0.39, 0.29) is 0 Å². The molecular formula is C11H16N4S. The molecule has 0 fully saturated rings. The van der Waals surface area contributed by atoms with E-state index in [1.54, 1.807) is 24.2 Å². The van der Waals surface area contributed by atoms with Crippen molar-refractivity contribution < 1.29 is 0 Å². The van der Waals surface area contributed by atoms with E-state index < -0.39 is 0 Å². The van der Waals surface area contributed by atoms with Crippen LogP contribution in [0.15, 0.2) is 12.4 Å². The summed E-state index contributed by atoms with van der Waals surface area (Å²) in [7, 11) is 1.97. The van der Waals surface area contributed by atoms with Gasteiger partial charge < -0.3 is 4.90 Å². The van der Waals surface area contributed by atoms with Gasteiger partial charge in [0.15, 0.2) is 11.5 Å². The quantitative estimate of drug-likeness (QED) is 0.782. The second-order valence-corrected chi connectivity index (χ2v) is 4.38. The molecule has 1 aromatic heterocycles. The molecule has 0 saturated carbocycles. The van der Waals surface area contributed by atoms with Crippen molar-refractivity contribution in [3.05, 3.63) is 18.1 Å². The summed E-state index contributed by atoms with van der Waals surface area (Å²) in [6.07, 6.45) is 6.28. The third kappa shape index (κ3) is 2.86. The molecule has 4 nitrogen and oxygen atoms in total. The summed E-state index contributed by atoms with van der Waals surface area (Å²) >= 11 is 1.80. The van der Waals surface area contributed by atoms with Crippen molar-refractivity contribution in [2.75, 3.05) is 24.0 Å². The van der Waals surface area contributed by atoms with E-state index in [4.69, 9.17) is 5.26 Å². The third-order valence-electron chi connectivity index (χ3n) is 2.50. The van der Waals surface area contributed by atoms with Gasteiger partial charge in [0.05, 0.1) is 0 Å². The summed E-state index contributed by atoms with van der Waals surface area (Å²) in [6.45, 7) is 2.14. The van der Waals surface area contributed by atoms with Crippen LogP contribution in [0.5, 0.6) is 0 Å². The molecular weight excluding hydrogens is 220 g/mol. The largest absolute Gasteiger partial charge is 0.353 e. The fraction of sp³-hybridized carbons (Fsp3) is 0.545. The van der Waals surface area contributed by atoms with E-state index >= 15 is 0 Å². The van der Waals surface area contributed by atoms with E-state index in [1.165, 1.54) is 0 Å². The second kappa shape index (κ2) is 6.33. The predicted molar refractivity (Wildman–Crippen MR) is 67.6 cm³/mol. The standard InChI is InChI=1S/C11H16N4S/c1-4-9(8-16-3)15(2)11-10(7-12)13-5-6-14-11/h5-6,9H,4,8H2,1-3H3. The molecule has 1 rings (SSSR count). The number of hydrogen-bond acceptors (Lipinski definition) is 5. The van der Waals surface area contributed by atoms with Gasteiger partial charge >= 0.3 is 0 Å². The Hall–Kier alpha value is -1.28. The molecule has 1 unspecified atom stereocenters. The van der Waals surface area contributed by atoms with E-state index in [2.05, 4.69) is 29.2 Å². The Bertz CT molecular complexity index is 374. The second-order valence-electron chi connectivity index (χ2n) is 3.47. The fourth-order valence-corrected chi connectivity index (χ4v) is 2.38. The molecule has 0 saturated heterocycles. The van der Waals surface area contributed by atoms with Crippen LogP contribution in [-0.4, -0.2) is 35.1 Å². The molecule has 5 heteroatoms. The molecule has 0 N–H and O–H groups in total. The molecule has 86 valence electrons. The average molecular weight is 236 g/mol. The summed E-state index contributed by atoms with van der Waals surface area (Å²) in [5.74, 6) is 1.69. The van der Waals surface area contributed by atoms with Crippen LogP contribution in [0.2, 0.25) is 0 Å². The first kappa shape index (κ1) is 12.8.